The van der Waals surface area contributed by atoms with Gasteiger partial charge in [0.2, 0.25) is 0 Å². The van der Waals surface area contributed by atoms with Gasteiger partial charge in [-0.2, -0.15) is 0 Å². The van der Waals surface area contributed by atoms with Crippen LogP contribution in [0.25, 0.3) is 0 Å². The molecule has 0 aliphatic heterocycles. The van der Waals surface area contributed by atoms with Crippen LogP contribution in [-0.4, -0.2) is 18.7 Å². The van der Waals surface area contributed by atoms with Gasteiger partial charge in [-0.15, -0.1) is 0 Å². The molecule has 0 amide bonds. The summed E-state index contributed by atoms with van der Waals surface area (Å²) in [5, 5.41) is 0. The molecule has 3 nitrogen and oxygen atoms in total. The number of hydrogen-bond acceptors (Lipinski definition) is 3. The quantitative estimate of drug-likeness (QED) is 0.658. The summed E-state index contributed by atoms with van der Waals surface area (Å²) < 4.78 is 18.3. The van der Waals surface area contributed by atoms with Gasteiger partial charge in [0.15, 0.2) is 0 Å². The van der Waals surface area contributed by atoms with E-state index in [1.54, 1.807) is 0 Å². The molecule has 0 unspecified atom stereocenters. The fraction of sp³-hybridized carbons (Fsp3) is 0.600. The Morgan fingerprint density at radius 3 is 2.58 bits per heavy atom. The predicted octanol–water partition coefficient (Wildman–Crippen LogP) is 3.89. The monoisotopic (exact) mass is 281 g/mol. The minimum absolute atomic E-state index is 0.343. The highest BCUT2D eigenvalue weighted by molar-refractivity contribution is 7.63. The summed E-state index contributed by atoms with van der Waals surface area (Å²) in [6.07, 6.45) is 6.30. The van der Waals surface area contributed by atoms with Crippen LogP contribution in [0.2, 0.25) is 0 Å². The molecule has 1 aromatic rings. The Labute approximate surface area is 115 Å². The third-order valence-corrected chi connectivity index (χ3v) is 6.96. The number of aryl methyl sites for hydroxylation is 1. The summed E-state index contributed by atoms with van der Waals surface area (Å²) in [5.41, 5.74) is 9.27. The first-order chi connectivity index (χ1) is 9.08. The number of benzene rings is 1. The minimum Gasteiger partial charge on any atom is -0.486 e. The second-order valence-electron chi connectivity index (χ2n) is 5.33. The smallest absolute Gasteiger partial charge is 0.141 e. The number of ether oxygens (including phenoxy) is 1. The Balaban J connectivity index is 2.20. The van der Waals surface area contributed by atoms with Crippen molar-refractivity contribution >= 4 is 12.8 Å². The van der Waals surface area contributed by atoms with Crippen molar-refractivity contribution in [2.24, 2.45) is 0 Å². The van der Waals surface area contributed by atoms with Crippen LogP contribution < -0.4 is 10.5 Å². The number of hydrogen-bond donors (Lipinski definition) is 1. The van der Waals surface area contributed by atoms with Crippen LogP contribution >= 0.6 is 7.14 Å². The predicted molar refractivity (Wildman–Crippen MR) is 81.7 cm³/mol. The van der Waals surface area contributed by atoms with E-state index in [0.717, 1.165) is 24.3 Å². The van der Waals surface area contributed by atoms with Crippen LogP contribution in [0, 0.1) is 0 Å². The molecule has 0 saturated heterocycles. The number of anilines is 1. The van der Waals surface area contributed by atoms with Crippen LogP contribution in [0.4, 0.5) is 5.69 Å². The fourth-order valence-electron chi connectivity index (χ4n) is 2.57. The van der Waals surface area contributed by atoms with Gasteiger partial charge in [-0.1, -0.05) is 13.8 Å². The Morgan fingerprint density at radius 1 is 1.21 bits per heavy atom. The summed E-state index contributed by atoms with van der Waals surface area (Å²) in [4.78, 5) is 0. The molecular weight excluding hydrogens is 257 g/mol. The van der Waals surface area contributed by atoms with E-state index in [2.05, 4.69) is 6.07 Å². The second kappa shape index (κ2) is 6.00. The molecule has 0 heterocycles. The largest absolute Gasteiger partial charge is 0.486 e. The van der Waals surface area contributed by atoms with E-state index in [1.807, 2.05) is 19.9 Å². The van der Waals surface area contributed by atoms with Crippen LogP contribution in [-0.2, 0) is 17.4 Å². The lowest BCUT2D eigenvalue weighted by Crippen LogP contribution is -2.09. The van der Waals surface area contributed by atoms with Crippen molar-refractivity contribution in [1.29, 1.82) is 0 Å². The van der Waals surface area contributed by atoms with E-state index >= 15 is 0 Å². The molecule has 1 aliphatic carbocycles. The van der Waals surface area contributed by atoms with Crippen LogP contribution in [0.1, 0.15) is 37.8 Å². The Bertz CT molecular complexity index is 491. The maximum Gasteiger partial charge on any atom is 0.141 e. The van der Waals surface area contributed by atoms with E-state index in [9.17, 15) is 4.57 Å². The van der Waals surface area contributed by atoms with Gasteiger partial charge in [0, 0.05) is 24.1 Å². The van der Waals surface area contributed by atoms with Crippen molar-refractivity contribution in [3.63, 3.8) is 0 Å². The van der Waals surface area contributed by atoms with Crippen LogP contribution in [0.5, 0.6) is 5.75 Å². The molecular formula is C15H24NO2P. The fourth-order valence-corrected chi connectivity index (χ4v) is 3.76. The Hall–Kier alpha value is -0.950. The molecule has 0 saturated carbocycles. The summed E-state index contributed by atoms with van der Waals surface area (Å²) >= 11 is 0. The lowest BCUT2D eigenvalue weighted by molar-refractivity contribution is 0.369. The molecule has 4 heteroatoms. The Morgan fingerprint density at radius 2 is 1.89 bits per heavy atom. The number of fused-ring (bicyclic) bond motifs is 1. The number of nitrogens with two attached hydrogens (primary N) is 1. The number of nitrogen functional groups attached to an aromatic ring is 1. The minimum atomic E-state index is -2.16. The molecule has 0 aromatic heterocycles. The average Bonchev–Trinajstić information content (AvgIpc) is 2.44. The highest BCUT2D eigenvalue weighted by Gasteiger charge is 2.20. The van der Waals surface area contributed by atoms with E-state index in [0.29, 0.717) is 18.7 Å². The standard InChI is InChI=1S/C15H24NO2P/c1-3-19(17,4-2)11-18-15-10-13(16)9-12-7-5-6-8-14(12)15/h9-10H,3-8,11,16H2,1-2H3. The Kier molecular flexibility index (Phi) is 4.57. The molecule has 0 atom stereocenters. The topological polar surface area (TPSA) is 52.3 Å². The van der Waals surface area contributed by atoms with Gasteiger partial charge in [-0.3, -0.25) is 0 Å². The summed E-state index contributed by atoms with van der Waals surface area (Å²) in [6.45, 7) is 3.95. The summed E-state index contributed by atoms with van der Waals surface area (Å²) in [5.74, 6) is 0.858. The maximum absolute atomic E-state index is 12.4. The summed E-state index contributed by atoms with van der Waals surface area (Å²) in [6, 6.07) is 3.94. The van der Waals surface area contributed by atoms with Gasteiger partial charge in [0.1, 0.15) is 19.2 Å². The molecule has 1 aromatic carbocycles. The van der Waals surface area contributed by atoms with Crippen molar-refractivity contribution in [2.45, 2.75) is 39.5 Å². The first-order valence-electron chi connectivity index (χ1n) is 7.19. The van der Waals surface area contributed by atoms with Gasteiger partial charge in [0.05, 0.1) is 0 Å². The highest BCUT2D eigenvalue weighted by atomic mass is 31.2. The van der Waals surface area contributed by atoms with Gasteiger partial charge in [-0.25, -0.2) is 0 Å². The third kappa shape index (κ3) is 3.33. The first-order valence-corrected chi connectivity index (χ1v) is 9.45. The molecule has 0 radical (unpaired) electrons. The van der Waals surface area contributed by atoms with Gasteiger partial charge >= 0.3 is 0 Å². The maximum atomic E-state index is 12.4. The van der Waals surface area contributed by atoms with Gasteiger partial charge < -0.3 is 15.0 Å². The zero-order chi connectivity index (χ0) is 13.9. The zero-order valence-corrected chi connectivity index (χ0v) is 12.8. The van der Waals surface area contributed by atoms with Crippen molar-refractivity contribution < 1.29 is 9.30 Å². The van der Waals surface area contributed by atoms with E-state index in [4.69, 9.17) is 10.5 Å². The van der Waals surface area contributed by atoms with Crippen molar-refractivity contribution in [3.05, 3.63) is 23.3 Å². The van der Waals surface area contributed by atoms with Gasteiger partial charge in [0.25, 0.3) is 0 Å². The molecule has 2 N–H and O–H groups in total. The van der Waals surface area contributed by atoms with Crippen LogP contribution in [0.15, 0.2) is 12.1 Å². The first kappa shape index (κ1) is 14.5. The molecule has 0 spiro atoms. The summed E-state index contributed by atoms with van der Waals surface area (Å²) in [7, 11) is -2.16. The molecule has 106 valence electrons. The average molecular weight is 281 g/mol. The molecule has 19 heavy (non-hydrogen) atoms. The zero-order valence-electron chi connectivity index (χ0n) is 11.9. The highest BCUT2D eigenvalue weighted by Crippen LogP contribution is 2.45. The molecule has 0 fully saturated rings. The molecule has 1 aliphatic rings. The van der Waals surface area contributed by atoms with E-state index in [1.165, 1.54) is 24.0 Å². The normalized spacial score (nSPS) is 15.1. The van der Waals surface area contributed by atoms with E-state index < -0.39 is 7.14 Å². The lowest BCUT2D eigenvalue weighted by atomic mass is 9.90. The molecule has 2 rings (SSSR count). The second-order valence-corrected chi connectivity index (χ2v) is 8.97. The van der Waals surface area contributed by atoms with Gasteiger partial charge in [-0.05, 0) is 42.9 Å². The SMILES string of the molecule is CCP(=O)(CC)COc1cc(N)cc2c1CCCC2. The van der Waals surface area contributed by atoms with E-state index in [-0.39, 0.29) is 0 Å². The van der Waals surface area contributed by atoms with Crippen molar-refractivity contribution in [3.8, 4) is 5.75 Å². The third-order valence-electron chi connectivity index (χ3n) is 4.05. The lowest BCUT2D eigenvalue weighted by Gasteiger charge is -2.22. The van der Waals surface area contributed by atoms with Crippen molar-refractivity contribution in [1.82, 2.24) is 0 Å². The van der Waals surface area contributed by atoms with Crippen molar-refractivity contribution in [2.75, 3.05) is 24.4 Å². The number of rotatable bonds is 5. The van der Waals surface area contributed by atoms with Crippen LogP contribution in [0.3, 0.4) is 0 Å². The molecule has 0 bridgehead atoms.